The molecule has 0 amide bonds. The third kappa shape index (κ3) is 4.31. The van der Waals surface area contributed by atoms with E-state index in [1.807, 2.05) is 0 Å². The Bertz CT molecular complexity index is 408. The van der Waals surface area contributed by atoms with E-state index >= 15 is 0 Å². The summed E-state index contributed by atoms with van der Waals surface area (Å²) in [5.74, 6) is 0.957. The van der Waals surface area contributed by atoms with Gasteiger partial charge in [0.25, 0.3) is 0 Å². The van der Waals surface area contributed by atoms with Gasteiger partial charge in [-0.25, -0.2) is 0 Å². The first kappa shape index (κ1) is 15.0. The average molecular weight is 250 g/mol. The molecule has 0 aromatic heterocycles. The molecule has 3 nitrogen and oxygen atoms in total. The van der Waals surface area contributed by atoms with E-state index in [1.54, 1.807) is 7.11 Å². The maximum atomic E-state index is 6.04. The first-order valence-electron chi connectivity index (χ1n) is 6.34. The predicted octanol–water partition coefficient (Wildman–Crippen LogP) is 2.48. The van der Waals surface area contributed by atoms with Crippen molar-refractivity contribution in [3.63, 3.8) is 0 Å². The average Bonchev–Trinajstić information content (AvgIpc) is 2.20. The summed E-state index contributed by atoms with van der Waals surface area (Å²) < 4.78 is 5.33. The molecule has 0 heterocycles. The quantitative estimate of drug-likeness (QED) is 0.872. The minimum Gasteiger partial charge on any atom is -0.496 e. The van der Waals surface area contributed by atoms with Crippen molar-refractivity contribution in [2.75, 3.05) is 20.7 Å². The van der Waals surface area contributed by atoms with Crippen LogP contribution in [0.1, 0.15) is 30.5 Å². The highest BCUT2D eigenvalue weighted by atomic mass is 16.5. The number of methoxy groups -OCH3 is 1. The minimum atomic E-state index is -0.163. The predicted molar refractivity (Wildman–Crippen MR) is 77.1 cm³/mol. The van der Waals surface area contributed by atoms with Gasteiger partial charge in [0.1, 0.15) is 5.75 Å². The van der Waals surface area contributed by atoms with Gasteiger partial charge in [-0.1, -0.05) is 6.07 Å². The summed E-state index contributed by atoms with van der Waals surface area (Å²) >= 11 is 0. The lowest BCUT2D eigenvalue weighted by atomic mass is 10.0. The zero-order valence-electron chi connectivity index (χ0n) is 12.5. The molecule has 102 valence electrons. The van der Waals surface area contributed by atoms with E-state index in [0.29, 0.717) is 0 Å². The number of benzene rings is 1. The summed E-state index contributed by atoms with van der Waals surface area (Å²) in [7, 11) is 3.82. The lowest BCUT2D eigenvalue weighted by Crippen LogP contribution is -2.43. The molecule has 1 rings (SSSR count). The van der Waals surface area contributed by atoms with Crippen LogP contribution in [0.4, 0.5) is 0 Å². The van der Waals surface area contributed by atoms with Crippen molar-refractivity contribution in [1.82, 2.24) is 4.90 Å². The summed E-state index contributed by atoms with van der Waals surface area (Å²) in [6.07, 6.45) is 0. The summed E-state index contributed by atoms with van der Waals surface area (Å²) in [6, 6.07) is 4.31. The van der Waals surface area contributed by atoms with E-state index in [9.17, 15) is 0 Å². The molecule has 1 aromatic rings. The highest BCUT2D eigenvalue weighted by Crippen LogP contribution is 2.23. The van der Waals surface area contributed by atoms with Gasteiger partial charge >= 0.3 is 0 Å². The van der Waals surface area contributed by atoms with E-state index < -0.39 is 0 Å². The number of hydrogen-bond donors (Lipinski definition) is 1. The fourth-order valence-corrected chi connectivity index (χ4v) is 2.28. The van der Waals surface area contributed by atoms with Gasteiger partial charge in [-0.3, -0.25) is 0 Å². The van der Waals surface area contributed by atoms with Crippen LogP contribution in [0.15, 0.2) is 12.1 Å². The Labute approximate surface area is 111 Å². The van der Waals surface area contributed by atoms with Crippen LogP contribution in [0.2, 0.25) is 0 Å². The minimum absolute atomic E-state index is 0.163. The third-order valence-corrected chi connectivity index (χ3v) is 2.97. The van der Waals surface area contributed by atoms with Gasteiger partial charge in [0.2, 0.25) is 0 Å². The van der Waals surface area contributed by atoms with Gasteiger partial charge in [-0.15, -0.1) is 0 Å². The van der Waals surface area contributed by atoms with E-state index in [4.69, 9.17) is 10.5 Å². The molecule has 0 aliphatic rings. The molecule has 2 N–H and O–H groups in total. The normalized spacial score (nSPS) is 12.0. The molecule has 0 saturated heterocycles. The van der Waals surface area contributed by atoms with E-state index in [-0.39, 0.29) is 5.54 Å². The van der Waals surface area contributed by atoms with Crippen LogP contribution < -0.4 is 10.5 Å². The number of ether oxygens (including phenoxy) is 1. The number of aryl methyl sites for hydroxylation is 2. The van der Waals surface area contributed by atoms with Crippen molar-refractivity contribution in [3.8, 4) is 5.75 Å². The lowest BCUT2D eigenvalue weighted by Gasteiger charge is -2.27. The Morgan fingerprint density at radius 2 is 1.83 bits per heavy atom. The second-order valence-corrected chi connectivity index (χ2v) is 5.91. The fourth-order valence-electron chi connectivity index (χ4n) is 2.28. The van der Waals surface area contributed by atoms with Crippen LogP contribution in [0, 0.1) is 13.8 Å². The molecule has 0 bridgehead atoms. The Hall–Kier alpha value is -1.06. The molecule has 0 fully saturated rings. The number of nitrogens with two attached hydrogens (primary N) is 1. The van der Waals surface area contributed by atoms with E-state index in [1.165, 1.54) is 16.7 Å². The van der Waals surface area contributed by atoms with Crippen molar-refractivity contribution in [2.24, 2.45) is 5.73 Å². The third-order valence-electron chi connectivity index (χ3n) is 2.97. The second-order valence-electron chi connectivity index (χ2n) is 5.91. The maximum Gasteiger partial charge on any atom is 0.122 e. The molecule has 0 aliphatic heterocycles. The fraction of sp³-hybridized carbons (Fsp3) is 0.600. The zero-order chi connectivity index (χ0) is 13.9. The number of hydrogen-bond acceptors (Lipinski definition) is 3. The first-order valence-corrected chi connectivity index (χ1v) is 6.34. The maximum absolute atomic E-state index is 6.04. The molecular formula is C15H26N2O. The SMILES string of the molecule is COc1cc(C)c(CN(C)CC(C)(C)N)cc1C. The van der Waals surface area contributed by atoms with Crippen molar-refractivity contribution in [2.45, 2.75) is 39.8 Å². The van der Waals surface area contributed by atoms with Gasteiger partial charge in [0.05, 0.1) is 7.11 Å². The molecular weight excluding hydrogens is 224 g/mol. The van der Waals surface area contributed by atoms with Crippen LogP contribution in [-0.4, -0.2) is 31.1 Å². The van der Waals surface area contributed by atoms with E-state index in [0.717, 1.165) is 18.8 Å². The molecule has 0 saturated carbocycles. The van der Waals surface area contributed by atoms with Crippen molar-refractivity contribution in [1.29, 1.82) is 0 Å². The number of likely N-dealkylation sites (N-methyl/N-ethyl adjacent to an activating group) is 1. The molecule has 18 heavy (non-hydrogen) atoms. The topological polar surface area (TPSA) is 38.5 Å². The summed E-state index contributed by atoms with van der Waals surface area (Å²) in [5.41, 5.74) is 9.66. The number of rotatable bonds is 5. The standard InChI is InChI=1S/C15H26N2O/c1-11-8-14(18-6)12(2)7-13(11)9-17(5)10-15(3,4)16/h7-8H,9-10,16H2,1-6H3. The molecule has 0 atom stereocenters. The molecule has 1 aromatic carbocycles. The van der Waals surface area contributed by atoms with Crippen LogP contribution in [-0.2, 0) is 6.54 Å². The first-order chi connectivity index (χ1) is 8.23. The highest BCUT2D eigenvalue weighted by molar-refractivity contribution is 5.41. The molecule has 0 aliphatic carbocycles. The lowest BCUT2D eigenvalue weighted by molar-refractivity contribution is 0.262. The Kier molecular flexibility index (Phi) is 4.77. The van der Waals surface area contributed by atoms with Gasteiger partial charge in [-0.2, -0.15) is 0 Å². The monoisotopic (exact) mass is 250 g/mol. The van der Waals surface area contributed by atoms with Crippen LogP contribution >= 0.6 is 0 Å². The molecule has 0 radical (unpaired) electrons. The smallest absolute Gasteiger partial charge is 0.122 e. The molecule has 0 spiro atoms. The van der Waals surface area contributed by atoms with Crippen LogP contribution in [0.3, 0.4) is 0 Å². The van der Waals surface area contributed by atoms with Gasteiger partial charge in [0, 0.05) is 18.6 Å². The van der Waals surface area contributed by atoms with Gasteiger partial charge in [0.15, 0.2) is 0 Å². The van der Waals surface area contributed by atoms with Crippen molar-refractivity contribution >= 4 is 0 Å². The Morgan fingerprint density at radius 1 is 1.22 bits per heavy atom. The molecule has 0 unspecified atom stereocenters. The van der Waals surface area contributed by atoms with Crippen LogP contribution in [0.5, 0.6) is 5.75 Å². The van der Waals surface area contributed by atoms with Gasteiger partial charge in [-0.05, 0) is 57.5 Å². The Morgan fingerprint density at radius 3 is 2.33 bits per heavy atom. The largest absolute Gasteiger partial charge is 0.496 e. The Balaban J connectivity index is 2.82. The van der Waals surface area contributed by atoms with Gasteiger partial charge < -0.3 is 15.4 Å². The summed E-state index contributed by atoms with van der Waals surface area (Å²) in [5, 5.41) is 0. The molecule has 3 heteroatoms. The van der Waals surface area contributed by atoms with Crippen LogP contribution in [0.25, 0.3) is 0 Å². The highest BCUT2D eigenvalue weighted by Gasteiger charge is 2.15. The van der Waals surface area contributed by atoms with E-state index in [2.05, 4.69) is 51.8 Å². The summed E-state index contributed by atoms with van der Waals surface area (Å²) in [4.78, 5) is 2.26. The van der Waals surface area contributed by atoms with Crippen molar-refractivity contribution < 1.29 is 4.74 Å². The summed E-state index contributed by atoms with van der Waals surface area (Å²) in [6.45, 7) is 10.1. The number of nitrogens with zero attached hydrogens (tertiary/aromatic N) is 1. The second kappa shape index (κ2) is 5.72. The zero-order valence-corrected chi connectivity index (χ0v) is 12.5. The van der Waals surface area contributed by atoms with Crippen molar-refractivity contribution in [3.05, 3.63) is 28.8 Å².